The molecule has 1 heterocycles. The van der Waals surface area contributed by atoms with Gasteiger partial charge in [0.1, 0.15) is 5.82 Å². The lowest BCUT2D eigenvalue weighted by Gasteiger charge is -2.14. The van der Waals surface area contributed by atoms with Crippen LogP contribution in [-0.4, -0.2) is 15.5 Å². The van der Waals surface area contributed by atoms with E-state index in [2.05, 4.69) is 10.3 Å². The molecule has 0 unspecified atom stereocenters. The number of nitrogens with one attached hydrogen (secondary N) is 1. The lowest BCUT2D eigenvalue weighted by Crippen LogP contribution is -2.29. The number of hydrogen-bond donors (Lipinski definition) is 1. The number of aryl methyl sites for hydroxylation is 1. The second-order valence-corrected chi connectivity index (χ2v) is 5.47. The number of aromatic nitrogens is 2. The minimum Gasteiger partial charge on any atom is -0.346 e. The van der Waals surface area contributed by atoms with Crippen LogP contribution in [0.1, 0.15) is 24.4 Å². The Morgan fingerprint density at radius 2 is 1.82 bits per heavy atom. The van der Waals surface area contributed by atoms with Gasteiger partial charge in [-0.05, 0) is 24.6 Å². The van der Waals surface area contributed by atoms with E-state index in [0.717, 1.165) is 22.4 Å². The van der Waals surface area contributed by atoms with Crippen LogP contribution in [0.25, 0.3) is 11.0 Å². The highest BCUT2D eigenvalue weighted by Gasteiger charge is 2.16. The molecule has 1 atom stereocenters. The number of rotatable bonds is 4. The van der Waals surface area contributed by atoms with Gasteiger partial charge < -0.3 is 9.88 Å². The van der Waals surface area contributed by atoms with E-state index in [9.17, 15) is 4.79 Å². The first kappa shape index (κ1) is 14.3. The van der Waals surface area contributed by atoms with Crippen LogP contribution in [0.3, 0.4) is 0 Å². The molecular weight excluding hydrogens is 274 g/mol. The van der Waals surface area contributed by atoms with Gasteiger partial charge >= 0.3 is 0 Å². The van der Waals surface area contributed by atoms with Crippen molar-refractivity contribution in [2.45, 2.75) is 19.4 Å². The van der Waals surface area contributed by atoms with Crippen LogP contribution in [0.15, 0.2) is 54.6 Å². The fourth-order valence-corrected chi connectivity index (χ4v) is 2.69. The fraction of sp³-hybridized carbons (Fsp3) is 0.222. The van der Waals surface area contributed by atoms with Crippen LogP contribution >= 0.6 is 0 Å². The Balaban J connectivity index is 1.74. The Hall–Kier alpha value is -2.62. The van der Waals surface area contributed by atoms with E-state index in [1.807, 2.05) is 73.1 Å². The molecule has 0 bridgehead atoms. The van der Waals surface area contributed by atoms with E-state index in [-0.39, 0.29) is 11.9 Å². The van der Waals surface area contributed by atoms with Crippen LogP contribution in [0.4, 0.5) is 0 Å². The normalized spacial score (nSPS) is 12.3. The maximum absolute atomic E-state index is 12.2. The molecule has 0 aliphatic rings. The predicted octanol–water partition coefficient (Wildman–Crippen LogP) is 2.99. The molecule has 3 aromatic rings. The topological polar surface area (TPSA) is 46.9 Å². The minimum absolute atomic E-state index is 0.00533. The number of para-hydroxylation sites is 2. The predicted molar refractivity (Wildman–Crippen MR) is 87.4 cm³/mol. The maximum atomic E-state index is 12.2. The van der Waals surface area contributed by atoms with Crippen molar-refractivity contribution in [1.82, 2.24) is 14.9 Å². The summed E-state index contributed by atoms with van der Waals surface area (Å²) in [6, 6.07) is 17.6. The van der Waals surface area contributed by atoms with E-state index in [1.54, 1.807) is 0 Å². The molecule has 3 rings (SSSR count). The fourth-order valence-electron chi connectivity index (χ4n) is 2.69. The summed E-state index contributed by atoms with van der Waals surface area (Å²) in [7, 11) is 1.98. The second kappa shape index (κ2) is 6.02. The van der Waals surface area contributed by atoms with Gasteiger partial charge in [-0.3, -0.25) is 4.79 Å². The van der Waals surface area contributed by atoms with Gasteiger partial charge in [0.2, 0.25) is 5.91 Å². The molecule has 0 saturated carbocycles. The lowest BCUT2D eigenvalue weighted by atomic mass is 10.1. The van der Waals surface area contributed by atoms with Crippen molar-refractivity contribution >= 4 is 16.9 Å². The zero-order valence-corrected chi connectivity index (χ0v) is 12.8. The van der Waals surface area contributed by atoms with Crippen molar-refractivity contribution in [1.29, 1.82) is 0 Å². The van der Waals surface area contributed by atoms with Gasteiger partial charge in [0.25, 0.3) is 0 Å². The first-order valence-electron chi connectivity index (χ1n) is 7.40. The molecule has 0 fully saturated rings. The number of imidazole rings is 1. The molecule has 1 N–H and O–H groups in total. The number of nitrogens with zero attached hydrogens (tertiary/aromatic N) is 2. The summed E-state index contributed by atoms with van der Waals surface area (Å²) in [5.41, 5.74) is 3.03. The largest absolute Gasteiger partial charge is 0.346 e. The first-order chi connectivity index (χ1) is 10.6. The number of benzene rings is 2. The standard InChI is InChI=1S/C18H19N3O/c1-13(19-17(22)12-14-8-4-3-5-9-14)18-20-15-10-6-7-11-16(15)21(18)2/h3-11,13H,12H2,1-2H3,(H,19,22)/t13-/m1/s1. The molecule has 0 aliphatic carbocycles. The van der Waals surface area contributed by atoms with Crippen LogP contribution in [0.5, 0.6) is 0 Å². The van der Waals surface area contributed by atoms with Crippen molar-refractivity contribution in [3.8, 4) is 0 Å². The molecule has 22 heavy (non-hydrogen) atoms. The Labute approximate surface area is 129 Å². The van der Waals surface area contributed by atoms with Gasteiger partial charge in [-0.1, -0.05) is 42.5 Å². The summed E-state index contributed by atoms with van der Waals surface area (Å²) in [5.74, 6) is 0.869. The molecule has 1 amide bonds. The second-order valence-electron chi connectivity index (χ2n) is 5.47. The van der Waals surface area contributed by atoms with E-state index < -0.39 is 0 Å². The monoisotopic (exact) mass is 293 g/mol. The van der Waals surface area contributed by atoms with Gasteiger partial charge in [0, 0.05) is 7.05 Å². The van der Waals surface area contributed by atoms with Gasteiger partial charge in [-0.2, -0.15) is 0 Å². The maximum Gasteiger partial charge on any atom is 0.224 e. The Kier molecular flexibility index (Phi) is 3.92. The molecule has 4 nitrogen and oxygen atoms in total. The highest BCUT2D eigenvalue weighted by atomic mass is 16.1. The zero-order valence-electron chi connectivity index (χ0n) is 12.8. The average Bonchev–Trinajstić information content (AvgIpc) is 2.86. The molecule has 2 aromatic carbocycles. The van der Waals surface area contributed by atoms with Crippen molar-refractivity contribution in [3.63, 3.8) is 0 Å². The molecule has 4 heteroatoms. The van der Waals surface area contributed by atoms with E-state index in [0.29, 0.717) is 6.42 Å². The van der Waals surface area contributed by atoms with Crippen LogP contribution in [0, 0.1) is 0 Å². The Bertz CT molecular complexity index is 792. The number of fused-ring (bicyclic) bond motifs is 1. The number of carbonyl (C=O) groups is 1. The summed E-state index contributed by atoms with van der Waals surface area (Å²) in [6.07, 6.45) is 0.384. The number of carbonyl (C=O) groups excluding carboxylic acids is 1. The summed E-state index contributed by atoms with van der Waals surface area (Å²) < 4.78 is 2.03. The molecular formula is C18H19N3O. The van der Waals surface area contributed by atoms with E-state index >= 15 is 0 Å². The number of amides is 1. The minimum atomic E-state index is -0.131. The SMILES string of the molecule is C[C@@H](NC(=O)Cc1ccccc1)c1nc2ccccc2n1C. The lowest BCUT2D eigenvalue weighted by molar-refractivity contribution is -0.121. The zero-order chi connectivity index (χ0) is 15.5. The summed E-state index contributed by atoms with van der Waals surface area (Å²) >= 11 is 0. The molecule has 0 spiro atoms. The smallest absolute Gasteiger partial charge is 0.224 e. The van der Waals surface area contributed by atoms with Crippen molar-refractivity contribution in [3.05, 3.63) is 66.0 Å². The van der Waals surface area contributed by atoms with Crippen LogP contribution < -0.4 is 5.32 Å². The van der Waals surface area contributed by atoms with E-state index in [4.69, 9.17) is 0 Å². The Morgan fingerprint density at radius 1 is 1.14 bits per heavy atom. The highest BCUT2D eigenvalue weighted by molar-refractivity contribution is 5.79. The van der Waals surface area contributed by atoms with Gasteiger partial charge in [-0.15, -0.1) is 0 Å². The Morgan fingerprint density at radius 3 is 2.55 bits per heavy atom. The number of hydrogen-bond acceptors (Lipinski definition) is 2. The molecule has 1 aromatic heterocycles. The van der Waals surface area contributed by atoms with E-state index in [1.165, 1.54) is 0 Å². The highest BCUT2D eigenvalue weighted by Crippen LogP contribution is 2.19. The molecule has 112 valence electrons. The van der Waals surface area contributed by atoms with Crippen molar-refractivity contribution in [2.24, 2.45) is 7.05 Å². The third-order valence-corrected chi connectivity index (χ3v) is 3.79. The quantitative estimate of drug-likeness (QED) is 0.804. The van der Waals surface area contributed by atoms with Gasteiger partial charge in [0.05, 0.1) is 23.5 Å². The third-order valence-electron chi connectivity index (χ3n) is 3.79. The molecule has 0 radical (unpaired) electrons. The van der Waals surface area contributed by atoms with Crippen LogP contribution in [0.2, 0.25) is 0 Å². The molecule has 0 saturated heterocycles. The van der Waals surface area contributed by atoms with Crippen molar-refractivity contribution in [2.75, 3.05) is 0 Å². The average molecular weight is 293 g/mol. The van der Waals surface area contributed by atoms with Crippen LogP contribution in [-0.2, 0) is 18.3 Å². The summed E-state index contributed by atoms with van der Waals surface area (Å²) in [5, 5.41) is 3.02. The summed E-state index contributed by atoms with van der Waals surface area (Å²) in [6.45, 7) is 1.96. The van der Waals surface area contributed by atoms with Gasteiger partial charge in [-0.25, -0.2) is 4.98 Å². The van der Waals surface area contributed by atoms with Gasteiger partial charge in [0.15, 0.2) is 0 Å². The van der Waals surface area contributed by atoms with Crippen molar-refractivity contribution < 1.29 is 4.79 Å². The summed E-state index contributed by atoms with van der Waals surface area (Å²) in [4.78, 5) is 16.8. The third kappa shape index (κ3) is 2.86. The first-order valence-corrected chi connectivity index (χ1v) is 7.40. The molecule has 0 aliphatic heterocycles.